The third-order valence-electron chi connectivity index (χ3n) is 7.85. The average molecular weight is 534 g/mol. The highest BCUT2D eigenvalue weighted by atomic mass is 14.3. The van der Waals surface area contributed by atoms with Gasteiger partial charge in [-0.3, -0.25) is 6.08 Å². The second-order valence-electron chi connectivity index (χ2n) is 12.8. The van der Waals surface area contributed by atoms with Gasteiger partial charge in [0.15, 0.2) is 0 Å². The Hall–Kier alpha value is -3.12. The molecule has 0 amide bonds. The predicted molar refractivity (Wildman–Crippen MR) is 180 cm³/mol. The minimum absolute atomic E-state index is 0.149. The fraction of sp³-hybridized carbons (Fsp3) is 0.400. The lowest BCUT2D eigenvalue weighted by Gasteiger charge is -2.36. The molecule has 0 aliphatic heterocycles. The first-order valence-corrected chi connectivity index (χ1v) is 14.9. The Balaban J connectivity index is 1.89. The van der Waals surface area contributed by atoms with Gasteiger partial charge in [-0.1, -0.05) is 141 Å². The Bertz CT molecular complexity index is 1260. The average Bonchev–Trinajstić information content (AvgIpc) is 2.85. The van der Waals surface area contributed by atoms with Crippen LogP contribution in [0.3, 0.4) is 0 Å². The Labute approximate surface area is 247 Å². The maximum Gasteiger partial charge on any atom is -0.0104 e. The van der Waals surface area contributed by atoms with Crippen molar-refractivity contribution in [3.63, 3.8) is 0 Å². The van der Waals surface area contributed by atoms with E-state index in [1.807, 2.05) is 0 Å². The van der Waals surface area contributed by atoms with E-state index in [9.17, 15) is 0 Å². The van der Waals surface area contributed by atoms with E-state index < -0.39 is 0 Å². The van der Waals surface area contributed by atoms with Gasteiger partial charge in [0.1, 0.15) is 0 Å². The van der Waals surface area contributed by atoms with Gasteiger partial charge in [-0.2, -0.15) is 5.57 Å². The first-order chi connectivity index (χ1) is 18.8. The zero-order valence-corrected chi connectivity index (χ0v) is 27.0. The molecule has 0 spiro atoms. The summed E-state index contributed by atoms with van der Waals surface area (Å²) in [5, 5.41) is 0. The quantitative estimate of drug-likeness (QED) is 0.193. The third-order valence-corrected chi connectivity index (χ3v) is 7.85. The smallest absolute Gasteiger partial charge is 0.0104 e. The Morgan fingerprint density at radius 3 is 1.62 bits per heavy atom. The summed E-state index contributed by atoms with van der Waals surface area (Å²) in [6.45, 7) is 22.4. The summed E-state index contributed by atoms with van der Waals surface area (Å²) >= 11 is 0. The van der Waals surface area contributed by atoms with E-state index in [-0.39, 0.29) is 10.8 Å². The lowest BCUT2D eigenvalue weighted by Crippen LogP contribution is -2.19. The monoisotopic (exact) mass is 533 g/mol. The topological polar surface area (TPSA) is 0 Å². The van der Waals surface area contributed by atoms with E-state index in [0.29, 0.717) is 0 Å². The molecule has 2 aliphatic carbocycles. The first-order valence-electron chi connectivity index (χ1n) is 14.9. The SMILES string of the molecule is CC1=C(/C=C/C(C)=C/C=C/C(C)=C/C=C/C=C(C)/C=C/C=C(C)/C=C/C2=C(C)CCCC2(C)C)C(C)(C)C[C-]=C1. The molecule has 0 radical (unpaired) electrons. The Kier molecular flexibility index (Phi) is 12.9. The van der Waals surface area contributed by atoms with Gasteiger partial charge >= 0.3 is 0 Å². The van der Waals surface area contributed by atoms with E-state index in [0.717, 1.165) is 6.42 Å². The van der Waals surface area contributed by atoms with Crippen molar-refractivity contribution < 1.29 is 0 Å². The summed E-state index contributed by atoms with van der Waals surface area (Å²) in [6, 6.07) is 0. The fourth-order valence-corrected chi connectivity index (χ4v) is 5.30. The van der Waals surface area contributed by atoms with E-state index in [1.165, 1.54) is 58.3 Å². The maximum absolute atomic E-state index is 3.38. The molecule has 2 aliphatic rings. The molecular weight excluding hydrogens is 480 g/mol. The van der Waals surface area contributed by atoms with Crippen LogP contribution in [0.4, 0.5) is 0 Å². The molecule has 0 unspecified atom stereocenters. The molecule has 0 atom stereocenters. The van der Waals surface area contributed by atoms with Gasteiger partial charge in [-0.15, -0.1) is 18.9 Å². The summed E-state index contributed by atoms with van der Waals surface area (Å²) in [5.41, 5.74) is 11.2. The van der Waals surface area contributed by atoms with Crippen LogP contribution >= 0.6 is 0 Å². The summed E-state index contributed by atoms with van der Waals surface area (Å²) in [5.74, 6) is 0. The Morgan fingerprint density at radius 1 is 0.650 bits per heavy atom. The molecular formula is C40H53-. The molecule has 0 aromatic heterocycles. The van der Waals surface area contributed by atoms with Crippen molar-refractivity contribution in [3.8, 4) is 0 Å². The van der Waals surface area contributed by atoms with Crippen LogP contribution < -0.4 is 0 Å². The van der Waals surface area contributed by atoms with Crippen LogP contribution in [0, 0.1) is 16.9 Å². The maximum atomic E-state index is 3.38. The molecule has 0 aromatic rings. The van der Waals surface area contributed by atoms with E-state index in [2.05, 4.69) is 166 Å². The molecule has 0 heterocycles. The summed E-state index contributed by atoms with van der Waals surface area (Å²) in [6.07, 6.45) is 40.8. The van der Waals surface area contributed by atoms with Gasteiger partial charge < -0.3 is 0 Å². The van der Waals surface area contributed by atoms with E-state index in [4.69, 9.17) is 0 Å². The molecule has 0 saturated carbocycles. The normalized spacial score (nSPS) is 21.6. The van der Waals surface area contributed by atoms with Crippen LogP contribution in [-0.2, 0) is 0 Å². The molecule has 40 heavy (non-hydrogen) atoms. The van der Waals surface area contributed by atoms with Crippen molar-refractivity contribution in [2.75, 3.05) is 0 Å². The second-order valence-corrected chi connectivity index (χ2v) is 12.8. The van der Waals surface area contributed by atoms with Crippen LogP contribution in [-0.4, -0.2) is 0 Å². The minimum Gasteiger partial charge on any atom is -0.274 e. The third kappa shape index (κ3) is 11.2. The first kappa shape index (κ1) is 33.1. The van der Waals surface area contributed by atoms with Gasteiger partial charge in [0.25, 0.3) is 0 Å². The largest absolute Gasteiger partial charge is 0.274 e. The highest BCUT2D eigenvalue weighted by Crippen LogP contribution is 2.41. The van der Waals surface area contributed by atoms with Crippen LogP contribution in [0.5, 0.6) is 0 Å². The summed E-state index contributed by atoms with van der Waals surface area (Å²) < 4.78 is 0. The lowest BCUT2D eigenvalue weighted by atomic mass is 9.72. The van der Waals surface area contributed by atoms with Crippen molar-refractivity contribution in [2.24, 2.45) is 10.8 Å². The van der Waals surface area contributed by atoms with Crippen LogP contribution in [0.1, 0.15) is 94.9 Å². The predicted octanol–water partition coefficient (Wildman–Crippen LogP) is 12.2. The number of hydrogen-bond donors (Lipinski definition) is 0. The second kappa shape index (κ2) is 15.6. The van der Waals surface area contributed by atoms with Gasteiger partial charge in [-0.25, -0.2) is 6.08 Å². The molecule has 0 bridgehead atoms. The molecule has 0 heteroatoms. The van der Waals surface area contributed by atoms with Gasteiger partial charge in [0.05, 0.1) is 0 Å². The molecule has 0 saturated heterocycles. The molecule has 0 N–H and O–H groups in total. The van der Waals surface area contributed by atoms with Gasteiger partial charge in [0.2, 0.25) is 0 Å². The summed E-state index contributed by atoms with van der Waals surface area (Å²) in [4.78, 5) is 0. The number of hydrogen-bond acceptors (Lipinski definition) is 0. The zero-order valence-electron chi connectivity index (χ0n) is 27.0. The molecule has 214 valence electrons. The van der Waals surface area contributed by atoms with Gasteiger partial charge in [-0.05, 0) is 70.3 Å². The van der Waals surface area contributed by atoms with E-state index in [1.54, 1.807) is 5.57 Å². The number of rotatable bonds is 10. The summed E-state index contributed by atoms with van der Waals surface area (Å²) in [7, 11) is 0. The minimum atomic E-state index is 0.149. The van der Waals surface area contributed by atoms with E-state index >= 15 is 0 Å². The molecule has 0 fully saturated rings. The molecule has 0 nitrogen and oxygen atoms in total. The Morgan fingerprint density at radius 2 is 1.12 bits per heavy atom. The standard InChI is InChI=1S/C40H53/c1-31(19-13-21-33(3)25-27-37-35(5)23-15-29-39(37,7)8)17-11-12-18-32(2)20-14-22-34(4)26-28-38-36(6)24-16-30-40(38,9)10/h11-14,17-22,24-28H,15,23,29-30H2,1-10H3/q-1/b12-11+,19-13+,20-14+,27-25+,28-26+,31-17+,32-18+,33-21+,34-22+. The van der Waals surface area contributed by atoms with Crippen LogP contribution in [0.2, 0.25) is 0 Å². The van der Waals surface area contributed by atoms with Gasteiger partial charge in [0, 0.05) is 0 Å². The molecule has 2 rings (SSSR count). The zero-order chi connectivity index (χ0) is 29.8. The highest BCUT2D eigenvalue weighted by Gasteiger charge is 2.26. The molecule has 0 aromatic carbocycles. The van der Waals surface area contributed by atoms with Crippen LogP contribution in [0.15, 0.2) is 136 Å². The van der Waals surface area contributed by atoms with Crippen molar-refractivity contribution >= 4 is 0 Å². The lowest BCUT2D eigenvalue weighted by molar-refractivity contribution is 0.377. The highest BCUT2D eigenvalue weighted by molar-refractivity contribution is 5.41. The van der Waals surface area contributed by atoms with Crippen LogP contribution in [0.25, 0.3) is 0 Å². The number of allylic oxidation sites excluding steroid dienone is 24. The van der Waals surface area contributed by atoms with Crippen molar-refractivity contribution in [1.82, 2.24) is 0 Å². The fourth-order valence-electron chi connectivity index (χ4n) is 5.30. The van der Waals surface area contributed by atoms with Crippen molar-refractivity contribution in [2.45, 2.75) is 94.9 Å². The van der Waals surface area contributed by atoms with Crippen molar-refractivity contribution in [1.29, 1.82) is 0 Å². The van der Waals surface area contributed by atoms with Crippen molar-refractivity contribution in [3.05, 3.63) is 142 Å².